The lowest BCUT2D eigenvalue weighted by Gasteiger charge is -2.29. The number of aliphatic hydroxyl groups excluding tert-OH is 1. The standard InChI is InChI=1S/C16H25FN2O2/c1-12-6-8-19(16(12)11-20)15-5-3-4-14(17)13(15)10-18-7-9-21-2/h3-5,12,16,18,20H,6-11H2,1-2H3. The molecule has 4 nitrogen and oxygen atoms in total. The molecule has 2 N–H and O–H groups in total. The van der Waals surface area contributed by atoms with Crippen LogP contribution in [-0.4, -0.2) is 44.6 Å². The summed E-state index contributed by atoms with van der Waals surface area (Å²) in [4.78, 5) is 2.14. The molecule has 0 aliphatic carbocycles. The number of ether oxygens (including phenoxy) is 1. The highest BCUT2D eigenvalue weighted by molar-refractivity contribution is 5.56. The van der Waals surface area contributed by atoms with Gasteiger partial charge in [0.15, 0.2) is 0 Å². The Balaban J connectivity index is 2.17. The van der Waals surface area contributed by atoms with E-state index in [0.717, 1.165) is 18.7 Å². The summed E-state index contributed by atoms with van der Waals surface area (Å²) in [6, 6.07) is 5.24. The molecule has 0 saturated carbocycles. The summed E-state index contributed by atoms with van der Waals surface area (Å²) in [6.45, 7) is 4.86. The Morgan fingerprint density at radius 3 is 3.00 bits per heavy atom. The molecule has 5 heteroatoms. The van der Waals surface area contributed by atoms with Crippen molar-refractivity contribution < 1.29 is 14.2 Å². The van der Waals surface area contributed by atoms with Crippen molar-refractivity contribution >= 4 is 5.69 Å². The largest absolute Gasteiger partial charge is 0.394 e. The lowest BCUT2D eigenvalue weighted by atomic mass is 10.0. The van der Waals surface area contributed by atoms with Gasteiger partial charge < -0.3 is 20.1 Å². The van der Waals surface area contributed by atoms with E-state index >= 15 is 0 Å². The molecular weight excluding hydrogens is 271 g/mol. The minimum absolute atomic E-state index is 0.0736. The fourth-order valence-electron chi connectivity index (χ4n) is 2.96. The lowest BCUT2D eigenvalue weighted by molar-refractivity contribution is 0.199. The second kappa shape index (κ2) is 7.73. The summed E-state index contributed by atoms with van der Waals surface area (Å²) < 4.78 is 19.2. The van der Waals surface area contributed by atoms with Crippen LogP contribution in [0.5, 0.6) is 0 Å². The predicted octanol–water partition coefficient (Wildman–Crippen LogP) is 1.77. The summed E-state index contributed by atoms with van der Waals surface area (Å²) in [6.07, 6.45) is 1.03. The fraction of sp³-hybridized carbons (Fsp3) is 0.625. The van der Waals surface area contributed by atoms with E-state index in [0.29, 0.717) is 31.2 Å². The third-order valence-corrected chi connectivity index (χ3v) is 4.26. The molecule has 0 aromatic heterocycles. The molecule has 1 aromatic carbocycles. The van der Waals surface area contributed by atoms with Crippen LogP contribution in [0.1, 0.15) is 18.9 Å². The average Bonchev–Trinajstić information content (AvgIpc) is 2.85. The summed E-state index contributed by atoms with van der Waals surface area (Å²) >= 11 is 0. The maximum atomic E-state index is 14.2. The van der Waals surface area contributed by atoms with Gasteiger partial charge in [0.1, 0.15) is 5.82 Å². The molecule has 1 aromatic rings. The molecular formula is C16H25FN2O2. The van der Waals surface area contributed by atoms with Gasteiger partial charge >= 0.3 is 0 Å². The first-order chi connectivity index (χ1) is 10.2. The van der Waals surface area contributed by atoms with Gasteiger partial charge in [-0.2, -0.15) is 0 Å². The monoisotopic (exact) mass is 296 g/mol. The third-order valence-electron chi connectivity index (χ3n) is 4.26. The number of hydrogen-bond donors (Lipinski definition) is 2. The summed E-state index contributed by atoms with van der Waals surface area (Å²) in [5, 5.41) is 12.8. The molecule has 2 atom stereocenters. The number of nitrogens with zero attached hydrogens (tertiary/aromatic N) is 1. The van der Waals surface area contributed by atoms with Crippen LogP contribution in [0.25, 0.3) is 0 Å². The highest BCUT2D eigenvalue weighted by Crippen LogP contribution is 2.32. The number of anilines is 1. The minimum Gasteiger partial charge on any atom is -0.394 e. The van der Waals surface area contributed by atoms with Crippen molar-refractivity contribution in [1.82, 2.24) is 5.32 Å². The van der Waals surface area contributed by atoms with Gasteiger partial charge in [-0.15, -0.1) is 0 Å². The van der Waals surface area contributed by atoms with Gasteiger partial charge in [-0.05, 0) is 24.5 Å². The average molecular weight is 296 g/mol. The Morgan fingerprint density at radius 2 is 2.29 bits per heavy atom. The molecule has 1 fully saturated rings. The zero-order valence-corrected chi connectivity index (χ0v) is 12.8. The number of methoxy groups -OCH3 is 1. The Morgan fingerprint density at radius 1 is 1.48 bits per heavy atom. The van der Waals surface area contributed by atoms with Gasteiger partial charge in [0.2, 0.25) is 0 Å². The van der Waals surface area contributed by atoms with Gasteiger partial charge in [0.05, 0.1) is 19.3 Å². The van der Waals surface area contributed by atoms with Gasteiger partial charge in [0, 0.05) is 38.0 Å². The molecule has 21 heavy (non-hydrogen) atoms. The zero-order chi connectivity index (χ0) is 15.2. The van der Waals surface area contributed by atoms with E-state index in [1.165, 1.54) is 6.07 Å². The number of benzene rings is 1. The normalized spacial score (nSPS) is 22.0. The first-order valence-corrected chi connectivity index (χ1v) is 7.53. The van der Waals surface area contributed by atoms with Crippen LogP contribution in [0, 0.1) is 11.7 Å². The van der Waals surface area contributed by atoms with Crippen molar-refractivity contribution in [3.63, 3.8) is 0 Å². The molecule has 1 aliphatic heterocycles. The van der Waals surface area contributed by atoms with Crippen molar-refractivity contribution in [2.45, 2.75) is 25.9 Å². The number of rotatable bonds is 7. The topological polar surface area (TPSA) is 44.7 Å². The van der Waals surface area contributed by atoms with E-state index in [9.17, 15) is 9.50 Å². The molecule has 1 saturated heterocycles. The number of halogens is 1. The van der Waals surface area contributed by atoms with E-state index in [4.69, 9.17) is 4.74 Å². The van der Waals surface area contributed by atoms with Gasteiger partial charge in [-0.3, -0.25) is 0 Å². The predicted molar refractivity (Wildman–Crippen MR) is 82.0 cm³/mol. The van der Waals surface area contributed by atoms with Crippen LogP contribution >= 0.6 is 0 Å². The highest BCUT2D eigenvalue weighted by Gasteiger charge is 2.32. The van der Waals surface area contributed by atoms with Crippen molar-refractivity contribution in [1.29, 1.82) is 0 Å². The number of nitrogens with one attached hydrogen (secondary N) is 1. The maximum Gasteiger partial charge on any atom is 0.129 e. The Bertz CT molecular complexity index is 456. The van der Waals surface area contributed by atoms with E-state index < -0.39 is 0 Å². The lowest BCUT2D eigenvalue weighted by Crippen LogP contribution is -2.36. The van der Waals surface area contributed by atoms with Crippen molar-refractivity contribution in [2.24, 2.45) is 5.92 Å². The molecule has 1 aliphatic rings. The Labute approximate surface area is 125 Å². The summed E-state index contributed by atoms with van der Waals surface area (Å²) in [5.41, 5.74) is 1.56. The molecule has 2 rings (SSSR count). The quantitative estimate of drug-likeness (QED) is 0.753. The molecule has 0 amide bonds. The van der Waals surface area contributed by atoms with E-state index in [-0.39, 0.29) is 18.5 Å². The van der Waals surface area contributed by atoms with Gasteiger partial charge in [-0.25, -0.2) is 4.39 Å². The van der Waals surface area contributed by atoms with Crippen molar-refractivity contribution in [3.05, 3.63) is 29.6 Å². The molecule has 2 unspecified atom stereocenters. The maximum absolute atomic E-state index is 14.2. The molecule has 1 heterocycles. The third kappa shape index (κ3) is 3.73. The van der Waals surface area contributed by atoms with Crippen LogP contribution in [0.3, 0.4) is 0 Å². The van der Waals surface area contributed by atoms with Crippen LogP contribution in [0.2, 0.25) is 0 Å². The smallest absolute Gasteiger partial charge is 0.129 e. The number of aliphatic hydroxyl groups is 1. The molecule has 0 spiro atoms. The van der Waals surface area contributed by atoms with Gasteiger partial charge in [-0.1, -0.05) is 13.0 Å². The van der Waals surface area contributed by atoms with E-state index in [1.54, 1.807) is 13.2 Å². The Hall–Kier alpha value is -1.17. The van der Waals surface area contributed by atoms with E-state index in [1.807, 2.05) is 6.07 Å². The first-order valence-electron chi connectivity index (χ1n) is 7.53. The van der Waals surface area contributed by atoms with Crippen LogP contribution in [-0.2, 0) is 11.3 Å². The van der Waals surface area contributed by atoms with Crippen molar-refractivity contribution in [2.75, 3.05) is 38.3 Å². The SMILES string of the molecule is COCCNCc1c(F)cccc1N1CCC(C)C1CO. The fourth-order valence-corrected chi connectivity index (χ4v) is 2.96. The second-order valence-corrected chi connectivity index (χ2v) is 5.62. The van der Waals surface area contributed by atoms with Gasteiger partial charge in [0.25, 0.3) is 0 Å². The Kier molecular flexibility index (Phi) is 5.96. The summed E-state index contributed by atoms with van der Waals surface area (Å²) in [5.74, 6) is 0.223. The van der Waals surface area contributed by atoms with Crippen LogP contribution in [0.4, 0.5) is 10.1 Å². The second-order valence-electron chi connectivity index (χ2n) is 5.62. The molecule has 0 bridgehead atoms. The molecule has 0 radical (unpaired) electrons. The number of hydrogen-bond acceptors (Lipinski definition) is 4. The summed E-state index contributed by atoms with van der Waals surface area (Å²) in [7, 11) is 1.65. The molecule has 118 valence electrons. The highest BCUT2D eigenvalue weighted by atomic mass is 19.1. The minimum atomic E-state index is -0.200. The first kappa shape index (κ1) is 16.2. The van der Waals surface area contributed by atoms with Crippen LogP contribution in [0.15, 0.2) is 18.2 Å². The zero-order valence-electron chi connectivity index (χ0n) is 12.8. The van der Waals surface area contributed by atoms with Crippen molar-refractivity contribution in [3.8, 4) is 0 Å². The van der Waals surface area contributed by atoms with E-state index in [2.05, 4.69) is 17.1 Å². The van der Waals surface area contributed by atoms with Crippen LogP contribution < -0.4 is 10.2 Å².